The molecular weight excluding hydrogens is 424 g/mol. The van der Waals surface area contributed by atoms with Gasteiger partial charge in [-0.3, -0.25) is 9.59 Å². The van der Waals surface area contributed by atoms with Gasteiger partial charge in [0.25, 0.3) is 0 Å². The zero-order chi connectivity index (χ0) is 24.7. The van der Waals surface area contributed by atoms with Crippen LogP contribution < -0.4 is 11.1 Å². The number of benzene rings is 1. The van der Waals surface area contributed by atoms with Crippen molar-refractivity contribution in [2.45, 2.75) is 70.4 Å². The Morgan fingerprint density at radius 3 is 2.79 bits per heavy atom. The number of carbonyl (C=O) groups is 2. The van der Waals surface area contributed by atoms with Gasteiger partial charge in [-0.05, 0) is 69.6 Å². The molecule has 3 atom stereocenters. The van der Waals surface area contributed by atoms with E-state index in [0.717, 1.165) is 48.0 Å². The minimum atomic E-state index is -1.01. The van der Waals surface area contributed by atoms with Gasteiger partial charge in [-0.2, -0.15) is 5.26 Å². The molecule has 1 unspecified atom stereocenters. The fourth-order valence-corrected chi connectivity index (χ4v) is 5.35. The zero-order valence-electron chi connectivity index (χ0n) is 20.5. The van der Waals surface area contributed by atoms with Crippen molar-refractivity contribution in [2.75, 3.05) is 13.1 Å². The molecular formula is C28H36N4O2. The maximum absolute atomic E-state index is 13.3. The molecule has 1 aromatic carbocycles. The van der Waals surface area contributed by atoms with Gasteiger partial charge in [0.2, 0.25) is 11.8 Å². The lowest BCUT2D eigenvalue weighted by atomic mass is 9.67. The molecule has 3 N–H and O–H groups in total. The summed E-state index contributed by atoms with van der Waals surface area (Å²) in [4.78, 5) is 27.8. The predicted molar refractivity (Wildman–Crippen MR) is 135 cm³/mol. The zero-order valence-corrected chi connectivity index (χ0v) is 20.5. The Labute approximate surface area is 203 Å². The van der Waals surface area contributed by atoms with E-state index in [4.69, 9.17) is 5.73 Å². The second kappa shape index (κ2) is 11.3. The van der Waals surface area contributed by atoms with Crippen LogP contribution in [0.2, 0.25) is 0 Å². The van der Waals surface area contributed by atoms with E-state index in [-0.39, 0.29) is 30.4 Å². The second-order valence-electron chi connectivity index (χ2n) is 9.37. The molecule has 0 spiro atoms. The highest BCUT2D eigenvalue weighted by molar-refractivity contribution is 5.92. The Morgan fingerprint density at radius 1 is 1.32 bits per heavy atom. The van der Waals surface area contributed by atoms with Crippen molar-refractivity contribution in [1.82, 2.24) is 10.2 Å². The Morgan fingerprint density at radius 2 is 2.09 bits per heavy atom. The van der Waals surface area contributed by atoms with Crippen molar-refractivity contribution in [2.24, 2.45) is 5.73 Å². The lowest BCUT2D eigenvalue weighted by Crippen LogP contribution is -2.49. The number of carbonyl (C=O) groups excluding carboxylic acids is 2. The Hall–Kier alpha value is -3.17. The number of allylic oxidation sites excluding steroid dienone is 5. The smallest absolute Gasteiger partial charge is 0.237 e. The van der Waals surface area contributed by atoms with Gasteiger partial charge in [0.05, 0.1) is 12.6 Å². The number of likely N-dealkylation sites (tertiary alicyclic amines) is 1. The van der Waals surface area contributed by atoms with E-state index in [1.54, 1.807) is 4.90 Å². The van der Waals surface area contributed by atoms with Crippen molar-refractivity contribution in [3.8, 4) is 6.07 Å². The summed E-state index contributed by atoms with van der Waals surface area (Å²) in [5.74, 6) is -0.462. The second-order valence-corrected chi connectivity index (χ2v) is 9.37. The van der Waals surface area contributed by atoms with Crippen molar-refractivity contribution >= 4 is 11.8 Å². The molecule has 6 heteroatoms. The molecule has 34 heavy (non-hydrogen) atoms. The topological polar surface area (TPSA) is 99.2 Å². The first-order valence-electron chi connectivity index (χ1n) is 12.2. The van der Waals surface area contributed by atoms with Gasteiger partial charge in [-0.15, -0.1) is 0 Å². The minimum absolute atomic E-state index is 0.0785. The number of rotatable bonds is 8. The molecule has 3 rings (SSSR count). The van der Waals surface area contributed by atoms with Crippen LogP contribution in [0, 0.1) is 11.3 Å². The van der Waals surface area contributed by atoms with Crippen molar-refractivity contribution < 1.29 is 9.59 Å². The number of aryl methyl sites for hydroxylation is 1. The van der Waals surface area contributed by atoms with Crippen LogP contribution in [0.1, 0.15) is 57.6 Å². The van der Waals surface area contributed by atoms with Gasteiger partial charge in [0.15, 0.2) is 0 Å². The lowest BCUT2D eigenvalue weighted by molar-refractivity contribution is -0.130. The summed E-state index contributed by atoms with van der Waals surface area (Å²) in [6, 6.07) is 9.77. The van der Waals surface area contributed by atoms with Crippen LogP contribution >= 0.6 is 0 Å². The SMILES string of the molecule is C/C=C\C=C/C1=C(C)CCc2ccccc2C1(C[C@@H](C)NCC(=O)N1CCC[C@H]1C#N)C(N)=O. The van der Waals surface area contributed by atoms with Gasteiger partial charge in [-0.1, -0.05) is 54.1 Å². The molecule has 1 aliphatic heterocycles. The van der Waals surface area contributed by atoms with E-state index in [9.17, 15) is 14.9 Å². The van der Waals surface area contributed by atoms with Gasteiger partial charge in [0, 0.05) is 12.6 Å². The van der Waals surface area contributed by atoms with E-state index in [2.05, 4.69) is 24.4 Å². The van der Waals surface area contributed by atoms with Gasteiger partial charge in [-0.25, -0.2) is 0 Å². The molecule has 0 aromatic heterocycles. The molecule has 6 nitrogen and oxygen atoms in total. The monoisotopic (exact) mass is 460 g/mol. The molecule has 1 aliphatic carbocycles. The Balaban J connectivity index is 1.94. The van der Waals surface area contributed by atoms with E-state index in [1.807, 2.05) is 56.4 Å². The Kier molecular flexibility index (Phi) is 8.46. The molecule has 1 fully saturated rings. The largest absolute Gasteiger partial charge is 0.369 e. The maximum atomic E-state index is 13.3. The molecule has 1 aromatic rings. The first-order valence-corrected chi connectivity index (χ1v) is 12.2. The van der Waals surface area contributed by atoms with E-state index in [1.165, 1.54) is 0 Å². The van der Waals surface area contributed by atoms with E-state index in [0.29, 0.717) is 13.0 Å². The molecule has 0 bridgehead atoms. The summed E-state index contributed by atoms with van der Waals surface area (Å²) in [6.45, 7) is 6.77. The van der Waals surface area contributed by atoms with E-state index < -0.39 is 5.41 Å². The number of hydrogen-bond donors (Lipinski definition) is 2. The van der Waals surface area contributed by atoms with Crippen LogP contribution in [0.15, 0.2) is 59.7 Å². The van der Waals surface area contributed by atoms with Crippen molar-refractivity contribution in [1.29, 1.82) is 5.26 Å². The molecule has 2 amide bonds. The van der Waals surface area contributed by atoms with Crippen LogP contribution in [-0.2, 0) is 21.4 Å². The van der Waals surface area contributed by atoms with Crippen molar-refractivity contribution in [3.05, 3.63) is 70.8 Å². The summed E-state index contributed by atoms with van der Waals surface area (Å²) in [6.07, 6.45) is 11.6. The summed E-state index contributed by atoms with van der Waals surface area (Å²) in [5, 5.41) is 12.6. The molecule has 1 saturated heterocycles. The molecule has 2 aliphatic rings. The fourth-order valence-electron chi connectivity index (χ4n) is 5.35. The fraction of sp³-hybridized carbons (Fsp3) is 0.464. The number of fused-ring (bicyclic) bond motifs is 1. The molecule has 0 radical (unpaired) electrons. The third kappa shape index (κ3) is 5.15. The van der Waals surface area contributed by atoms with Crippen LogP contribution in [0.25, 0.3) is 0 Å². The van der Waals surface area contributed by atoms with Gasteiger partial charge >= 0.3 is 0 Å². The normalized spacial score (nSPS) is 23.7. The number of primary amides is 1. The van der Waals surface area contributed by atoms with Crippen molar-refractivity contribution in [3.63, 3.8) is 0 Å². The minimum Gasteiger partial charge on any atom is -0.369 e. The first-order chi connectivity index (χ1) is 16.3. The number of nitrogens with zero attached hydrogens (tertiary/aromatic N) is 2. The van der Waals surface area contributed by atoms with Gasteiger partial charge < -0.3 is 16.0 Å². The standard InChI is InChI=1S/C28H36N4O2/c1-4-5-6-12-24-20(2)14-15-22-10-7-8-13-25(22)28(24,27(30)34)17-21(3)31-19-26(33)32-16-9-11-23(32)18-29/h4-8,10,12-13,21,23,31H,9,11,14-17,19H2,1-3H3,(H2,30,34)/b5-4-,12-6-/t21-,23+,28?/m1/s1. The van der Waals surface area contributed by atoms with E-state index >= 15 is 0 Å². The molecule has 0 saturated carbocycles. The van der Waals surface area contributed by atoms with Gasteiger partial charge in [0.1, 0.15) is 11.5 Å². The third-order valence-corrected chi connectivity index (χ3v) is 7.09. The summed E-state index contributed by atoms with van der Waals surface area (Å²) < 4.78 is 0. The van der Waals surface area contributed by atoms with Crippen LogP contribution in [0.5, 0.6) is 0 Å². The lowest BCUT2D eigenvalue weighted by Gasteiger charge is -2.36. The predicted octanol–water partition coefficient (Wildman–Crippen LogP) is 3.69. The van der Waals surface area contributed by atoms with Crippen LogP contribution in [0.3, 0.4) is 0 Å². The highest BCUT2D eigenvalue weighted by Crippen LogP contribution is 2.44. The summed E-state index contributed by atoms with van der Waals surface area (Å²) in [7, 11) is 0. The first kappa shape index (κ1) is 25.5. The summed E-state index contributed by atoms with van der Waals surface area (Å²) >= 11 is 0. The Bertz CT molecular complexity index is 1050. The summed E-state index contributed by atoms with van der Waals surface area (Å²) in [5.41, 5.74) is 9.38. The van der Waals surface area contributed by atoms with Crippen LogP contribution in [-0.4, -0.2) is 41.9 Å². The average molecular weight is 461 g/mol. The number of nitrogens with two attached hydrogens (primary N) is 1. The average Bonchev–Trinajstić information content (AvgIpc) is 3.27. The quantitative estimate of drug-likeness (QED) is 0.578. The number of amides is 2. The maximum Gasteiger partial charge on any atom is 0.237 e. The number of hydrogen-bond acceptors (Lipinski definition) is 4. The highest BCUT2D eigenvalue weighted by atomic mass is 16.2. The highest BCUT2D eigenvalue weighted by Gasteiger charge is 2.45. The number of nitrogens with one attached hydrogen (secondary N) is 1. The van der Waals surface area contributed by atoms with Crippen LogP contribution in [0.4, 0.5) is 0 Å². The molecule has 1 heterocycles. The molecule has 180 valence electrons. The number of nitriles is 1. The third-order valence-electron chi connectivity index (χ3n) is 7.09.